The molecule has 1 heterocycles. The van der Waals surface area contributed by atoms with Crippen LogP contribution in [0.15, 0.2) is 12.4 Å². The van der Waals surface area contributed by atoms with E-state index >= 15 is 0 Å². The van der Waals surface area contributed by atoms with Crippen molar-refractivity contribution in [3.8, 4) is 0 Å². The molecule has 0 aliphatic rings. The van der Waals surface area contributed by atoms with E-state index in [9.17, 15) is 0 Å². The SMILES string of the molecule is COCC(CCO)Nc1cc(C(C)C)ncn1. The maximum absolute atomic E-state index is 8.96. The van der Waals surface area contributed by atoms with E-state index in [1.807, 2.05) is 6.07 Å². The second kappa shape index (κ2) is 7.19. The van der Waals surface area contributed by atoms with E-state index in [2.05, 4.69) is 29.1 Å². The van der Waals surface area contributed by atoms with Gasteiger partial charge in [0.1, 0.15) is 12.1 Å². The number of nitrogens with zero attached hydrogens (tertiary/aromatic N) is 2. The highest BCUT2D eigenvalue weighted by atomic mass is 16.5. The minimum absolute atomic E-state index is 0.0694. The number of hydrogen-bond donors (Lipinski definition) is 2. The van der Waals surface area contributed by atoms with Gasteiger partial charge in [0.25, 0.3) is 0 Å². The normalized spacial score (nSPS) is 12.8. The van der Waals surface area contributed by atoms with Gasteiger partial charge >= 0.3 is 0 Å². The van der Waals surface area contributed by atoms with Crippen molar-refractivity contribution < 1.29 is 9.84 Å². The van der Waals surface area contributed by atoms with E-state index in [1.165, 1.54) is 0 Å². The fourth-order valence-corrected chi connectivity index (χ4v) is 1.53. The summed E-state index contributed by atoms with van der Waals surface area (Å²) in [4.78, 5) is 8.37. The van der Waals surface area contributed by atoms with Crippen molar-refractivity contribution >= 4 is 5.82 Å². The minimum Gasteiger partial charge on any atom is -0.396 e. The zero-order valence-electron chi connectivity index (χ0n) is 10.7. The van der Waals surface area contributed by atoms with Crippen LogP contribution < -0.4 is 5.32 Å². The van der Waals surface area contributed by atoms with Crippen LogP contribution in [0.3, 0.4) is 0 Å². The van der Waals surface area contributed by atoms with Crippen molar-refractivity contribution in [1.29, 1.82) is 0 Å². The number of hydrogen-bond acceptors (Lipinski definition) is 5. The van der Waals surface area contributed by atoms with Crippen LogP contribution in [-0.2, 0) is 4.74 Å². The fourth-order valence-electron chi connectivity index (χ4n) is 1.53. The second-order valence-corrected chi connectivity index (χ2v) is 4.29. The lowest BCUT2D eigenvalue weighted by Gasteiger charge is -2.17. The van der Waals surface area contributed by atoms with Gasteiger partial charge in [-0.15, -0.1) is 0 Å². The molecule has 0 radical (unpaired) electrons. The number of aromatic nitrogens is 2. The van der Waals surface area contributed by atoms with Gasteiger partial charge in [0.15, 0.2) is 0 Å². The average molecular weight is 239 g/mol. The van der Waals surface area contributed by atoms with Crippen LogP contribution in [0.25, 0.3) is 0 Å². The molecule has 0 fully saturated rings. The summed E-state index contributed by atoms with van der Waals surface area (Å²) < 4.78 is 5.09. The summed E-state index contributed by atoms with van der Waals surface area (Å²) in [5.41, 5.74) is 1.00. The zero-order valence-corrected chi connectivity index (χ0v) is 10.7. The zero-order chi connectivity index (χ0) is 12.7. The highest BCUT2D eigenvalue weighted by Gasteiger charge is 2.09. The maximum Gasteiger partial charge on any atom is 0.129 e. The number of ether oxygens (including phenoxy) is 1. The van der Waals surface area contributed by atoms with Gasteiger partial charge in [0, 0.05) is 25.5 Å². The number of rotatable bonds is 7. The molecule has 0 spiro atoms. The molecule has 17 heavy (non-hydrogen) atoms. The second-order valence-electron chi connectivity index (χ2n) is 4.29. The molecule has 1 aromatic heterocycles. The molecular formula is C12H21N3O2. The summed E-state index contributed by atoms with van der Waals surface area (Å²) in [5, 5.41) is 12.2. The summed E-state index contributed by atoms with van der Waals surface area (Å²) >= 11 is 0. The van der Waals surface area contributed by atoms with Gasteiger partial charge < -0.3 is 15.2 Å². The Hall–Kier alpha value is -1.20. The first-order chi connectivity index (χ1) is 8.17. The molecule has 0 bridgehead atoms. The Labute approximate surface area is 102 Å². The molecule has 5 heteroatoms. The van der Waals surface area contributed by atoms with Crippen molar-refractivity contribution in [2.75, 3.05) is 25.6 Å². The van der Waals surface area contributed by atoms with Crippen molar-refractivity contribution in [3.05, 3.63) is 18.1 Å². The van der Waals surface area contributed by atoms with Crippen molar-refractivity contribution in [1.82, 2.24) is 9.97 Å². The maximum atomic E-state index is 8.96. The van der Waals surface area contributed by atoms with Crippen LogP contribution in [-0.4, -0.2) is 41.4 Å². The van der Waals surface area contributed by atoms with Gasteiger partial charge in [-0.2, -0.15) is 0 Å². The van der Waals surface area contributed by atoms with E-state index in [0.29, 0.717) is 18.9 Å². The first-order valence-electron chi connectivity index (χ1n) is 5.85. The quantitative estimate of drug-likeness (QED) is 0.753. The molecule has 0 aromatic carbocycles. The van der Waals surface area contributed by atoms with Gasteiger partial charge in [-0.1, -0.05) is 13.8 Å². The van der Waals surface area contributed by atoms with E-state index in [-0.39, 0.29) is 12.6 Å². The molecule has 0 saturated carbocycles. The summed E-state index contributed by atoms with van der Waals surface area (Å²) in [6.45, 7) is 4.85. The third kappa shape index (κ3) is 4.66. The monoisotopic (exact) mass is 239 g/mol. The molecule has 1 unspecified atom stereocenters. The molecular weight excluding hydrogens is 218 g/mol. The van der Waals surface area contributed by atoms with Crippen LogP contribution in [0.1, 0.15) is 31.9 Å². The molecule has 2 N–H and O–H groups in total. The van der Waals surface area contributed by atoms with Crippen LogP contribution in [0.5, 0.6) is 0 Å². The molecule has 96 valence electrons. The van der Waals surface area contributed by atoms with E-state index in [1.54, 1.807) is 13.4 Å². The molecule has 0 aliphatic carbocycles. The number of methoxy groups -OCH3 is 1. The predicted molar refractivity (Wildman–Crippen MR) is 67.1 cm³/mol. The Morgan fingerprint density at radius 3 is 2.76 bits per heavy atom. The van der Waals surface area contributed by atoms with E-state index in [4.69, 9.17) is 9.84 Å². The Morgan fingerprint density at radius 1 is 1.41 bits per heavy atom. The first-order valence-corrected chi connectivity index (χ1v) is 5.85. The van der Waals surface area contributed by atoms with Crippen LogP contribution >= 0.6 is 0 Å². The topological polar surface area (TPSA) is 67.3 Å². The van der Waals surface area contributed by atoms with Gasteiger partial charge in [0.2, 0.25) is 0 Å². The summed E-state index contributed by atoms with van der Waals surface area (Å²) in [7, 11) is 1.64. The Bertz CT molecular complexity index is 325. The Balaban J connectivity index is 2.67. The largest absolute Gasteiger partial charge is 0.396 e. The standard InChI is InChI=1S/C12H21N3O2/c1-9(2)11-6-12(14-8-13-11)15-10(4-5-16)7-17-3/h6,8-10,16H,4-5,7H2,1-3H3,(H,13,14,15). The van der Waals surface area contributed by atoms with Crippen molar-refractivity contribution in [2.24, 2.45) is 0 Å². The van der Waals surface area contributed by atoms with E-state index in [0.717, 1.165) is 11.5 Å². The predicted octanol–water partition coefficient (Wildman–Crippen LogP) is 1.41. The molecule has 5 nitrogen and oxygen atoms in total. The molecule has 1 atom stereocenters. The number of aliphatic hydroxyl groups excluding tert-OH is 1. The highest BCUT2D eigenvalue weighted by Crippen LogP contribution is 2.14. The fraction of sp³-hybridized carbons (Fsp3) is 0.667. The van der Waals surface area contributed by atoms with Crippen LogP contribution in [0, 0.1) is 0 Å². The Kier molecular flexibility index (Phi) is 5.86. The van der Waals surface area contributed by atoms with Crippen molar-refractivity contribution in [3.63, 3.8) is 0 Å². The molecule has 1 aromatic rings. The lowest BCUT2D eigenvalue weighted by atomic mass is 10.1. The summed E-state index contributed by atoms with van der Waals surface area (Å²) in [6.07, 6.45) is 2.19. The first kappa shape index (κ1) is 13.9. The van der Waals surface area contributed by atoms with Crippen LogP contribution in [0.2, 0.25) is 0 Å². The highest BCUT2D eigenvalue weighted by molar-refractivity contribution is 5.36. The molecule has 0 aliphatic heterocycles. The van der Waals surface area contributed by atoms with Gasteiger partial charge in [-0.25, -0.2) is 9.97 Å². The minimum atomic E-state index is 0.0694. The summed E-state index contributed by atoms with van der Waals surface area (Å²) in [5.74, 6) is 1.15. The third-order valence-corrected chi connectivity index (χ3v) is 2.48. The van der Waals surface area contributed by atoms with Gasteiger partial charge in [-0.3, -0.25) is 0 Å². The molecule has 0 saturated heterocycles. The molecule has 1 rings (SSSR count). The van der Waals surface area contributed by atoms with E-state index < -0.39 is 0 Å². The van der Waals surface area contributed by atoms with Gasteiger partial charge in [0.05, 0.1) is 12.6 Å². The number of nitrogens with one attached hydrogen (secondary N) is 1. The lowest BCUT2D eigenvalue weighted by Crippen LogP contribution is -2.26. The Morgan fingerprint density at radius 2 is 2.18 bits per heavy atom. The van der Waals surface area contributed by atoms with Crippen molar-refractivity contribution in [2.45, 2.75) is 32.2 Å². The number of aliphatic hydroxyl groups is 1. The smallest absolute Gasteiger partial charge is 0.129 e. The molecule has 0 amide bonds. The number of anilines is 1. The summed E-state index contributed by atoms with van der Waals surface area (Å²) in [6, 6.07) is 2.00. The lowest BCUT2D eigenvalue weighted by molar-refractivity contribution is 0.170. The average Bonchev–Trinajstić information content (AvgIpc) is 2.30. The van der Waals surface area contributed by atoms with Gasteiger partial charge in [-0.05, 0) is 12.3 Å². The third-order valence-electron chi connectivity index (χ3n) is 2.48. The van der Waals surface area contributed by atoms with Crippen LogP contribution in [0.4, 0.5) is 5.82 Å².